The minimum atomic E-state index is -0.167. The van der Waals surface area contributed by atoms with E-state index in [0.29, 0.717) is 0 Å². The number of rotatable bonds is 4. The van der Waals surface area contributed by atoms with Crippen LogP contribution in [0.15, 0.2) is 18.2 Å². The molecule has 1 aromatic rings. The van der Waals surface area contributed by atoms with Crippen LogP contribution in [-0.4, -0.2) is 12.1 Å². The Kier molecular flexibility index (Phi) is 4.48. The zero-order valence-electron chi connectivity index (χ0n) is 13.0. The molecule has 3 heteroatoms. The van der Waals surface area contributed by atoms with E-state index < -0.39 is 0 Å². The van der Waals surface area contributed by atoms with E-state index in [1.165, 1.54) is 31.7 Å². The molecule has 0 bridgehead atoms. The molecule has 0 amide bonds. The second-order valence-corrected chi connectivity index (χ2v) is 6.59. The highest BCUT2D eigenvalue weighted by atomic mass is 19.1. The molecule has 0 aromatic heterocycles. The SMILES string of the molecule is CCCCNC1CC2(CCCCC2)Oc2ccc(F)cc21. The minimum Gasteiger partial charge on any atom is -0.487 e. The van der Waals surface area contributed by atoms with Crippen molar-refractivity contribution in [3.05, 3.63) is 29.6 Å². The third kappa shape index (κ3) is 3.23. The van der Waals surface area contributed by atoms with Crippen molar-refractivity contribution < 1.29 is 9.13 Å². The molecule has 0 saturated heterocycles. The lowest BCUT2D eigenvalue weighted by molar-refractivity contribution is -0.00281. The van der Waals surface area contributed by atoms with Crippen molar-refractivity contribution in [2.45, 2.75) is 69.9 Å². The molecule has 1 aliphatic carbocycles. The Balaban J connectivity index is 1.84. The summed E-state index contributed by atoms with van der Waals surface area (Å²) >= 11 is 0. The van der Waals surface area contributed by atoms with Crippen molar-refractivity contribution >= 4 is 0 Å². The van der Waals surface area contributed by atoms with Crippen LogP contribution >= 0.6 is 0 Å². The fourth-order valence-electron chi connectivity index (χ4n) is 3.78. The molecular weight excluding hydrogens is 265 g/mol. The monoisotopic (exact) mass is 291 g/mol. The Morgan fingerprint density at radius 1 is 1.29 bits per heavy atom. The summed E-state index contributed by atoms with van der Waals surface area (Å²) in [6.07, 6.45) is 9.40. The largest absolute Gasteiger partial charge is 0.487 e. The zero-order chi connectivity index (χ0) is 14.7. The lowest BCUT2D eigenvalue weighted by atomic mass is 9.77. The molecule has 1 N–H and O–H groups in total. The third-order valence-electron chi connectivity index (χ3n) is 4.94. The van der Waals surface area contributed by atoms with Crippen LogP contribution in [0.25, 0.3) is 0 Å². The summed E-state index contributed by atoms with van der Waals surface area (Å²) in [6.45, 7) is 3.19. The average molecular weight is 291 g/mol. The molecule has 1 atom stereocenters. The number of hydrogen-bond acceptors (Lipinski definition) is 2. The minimum absolute atomic E-state index is 0.0209. The predicted octanol–water partition coefficient (Wildman–Crippen LogP) is 4.74. The lowest BCUT2D eigenvalue weighted by Crippen LogP contribution is -2.45. The van der Waals surface area contributed by atoms with Gasteiger partial charge in [0.2, 0.25) is 0 Å². The Morgan fingerprint density at radius 3 is 2.86 bits per heavy atom. The number of nitrogens with one attached hydrogen (secondary N) is 1. The molecule has 21 heavy (non-hydrogen) atoms. The summed E-state index contributed by atoms with van der Waals surface area (Å²) in [5, 5.41) is 3.63. The van der Waals surface area contributed by atoms with Crippen LogP contribution in [0.3, 0.4) is 0 Å². The van der Waals surface area contributed by atoms with E-state index in [4.69, 9.17) is 4.74 Å². The molecule has 1 heterocycles. The van der Waals surface area contributed by atoms with Crippen LogP contribution in [0.1, 0.15) is 69.9 Å². The molecule has 116 valence electrons. The van der Waals surface area contributed by atoms with Gasteiger partial charge < -0.3 is 10.1 Å². The van der Waals surface area contributed by atoms with Gasteiger partial charge in [0, 0.05) is 18.0 Å². The molecule has 1 unspecified atom stereocenters. The van der Waals surface area contributed by atoms with Crippen LogP contribution in [0, 0.1) is 5.82 Å². The van der Waals surface area contributed by atoms with Gasteiger partial charge in [-0.3, -0.25) is 0 Å². The molecule has 3 rings (SSSR count). The Hall–Kier alpha value is -1.09. The average Bonchev–Trinajstić information content (AvgIpc) is 2.49. The van der Waals surface area contributed by atoms with E-state index >= 15 is 0 Å². The summed E-state index contributed by atoms with van der Waals surface area (Å²) < 4.78 is 20.0. The van der Waals surface area contributed by atoms with Crippen LogP contribution in [0.2, 0.25) is 0 Å². The Morgan fingerprint density at radius 2 is 2.10 bits per heavy atom. The van der Waals surface area contributed by atoms with E-state index in [1.807, 2.05) is 6.07 Å². The highest BCUT2D eigenvalue weighted by molar-refractivity contribution is 5.39. The highest BCUT2D eigenvalue weighted by Gasteiger charge is 2.41. The number of benzene rings is 1. The van der Waals surface area contributed by atoms with Crippen LogP contribution in [0.4, 0.5) is 4.39 Å². The maximum Gasteiger partial charge on any atom is 0.125 e. The summed E-state index contributed by atoms with van der Waals surface area (Å²) in [7, 11) is 0. The highest BCUT2D eigenvalue weighted by Crippen LogP contribution is 2.46. The molecule has 1 aromatic carbocycles. The Bertz CT molecular complexity index is 482. The molecule has 1 aliphatic heterocycles. The maximum absolute atomic E-state index is 13.6. The number of fused-ring (bicyclic) bond motifs is 1. The van der Waals surface area contributed by atoms with E-state index in [1.54, 1.807) is 6.07 Å². The summed E-state index contributed by atoms with van der Waals surface area (Å²) in [4.78, 5) is 0. The van der Waals surface area contributed by atoms with Crippen molar-refractivity contribution in [3.8, 4) is 5.75 Å². The van der Waals surface area contributed by atoms with E-state index in [-0.39, 0.29) is 17.5 Å². The van der Waals surface area contributed by atoms with Crippen molar-refractivity contribution in [1.29, 1.82) is 0 Å². The Labute approximate surface area is 127 Å². The van der Waals surface area contributed by atoms with Gasteiger partial charge in [-0.2, -0.15) is 0 Å². The molecule has 0 radical (unpaired) electrons. The number of ether oxygens (including phenoxy) is 1. The fourth-order valence-corrected chi connectivity index (χ4v) is 3.78. The normalized spacial score (nSPS) is 23.6. The second-order valence-electron chi connectivity index (χ2n) is 6.59. The van der Waals surface area contributed by atoms with E-state index in [0.717, 1.165) is 43.5 Å². The maximum atomic E-state index is 13.6. The first-order valence-corrected chi connectivity index (χ1v) is 8.44. The summed E-state index contributed by atoms with van der Waals surface area (Å²) in [5.74, 6) is 0.720. The molecule has 1 saturated carbocycles. The predicted molar refractivity (Wildman–Crippen MR) is 83.1 cm³/mol. The van der Waals surface area contributed by atoms with Gasteiger partial charge in [0.25, 0.3) is 0 Å². The smallest absolute Gasteiger partial charge is 0.125 e. The van der Waals surface area contributed by atoms with Gasteiger partial charge in [-0.05, 0) is 56.8 Å². The first kappa shape index (κ1) is 14.8. The van der Waals surface area contributed by atoms with Gasteiger partial charge in [0.1, 0.15) is 17.2 Å². The molecule has 1 fully saturated rings. The second kappa shape index (κ2) is 6.35. The number of hydrogen-bond donors (Lipinski definition) is 1. The molecule has 2 aliphatic rings. The molecular formula is C18H26FNO. The van der Waals surface area contributed by atoms with E-state index in [2.05, 4.69) is 12.2 Å². The first-order valence-electron chi connectivity index (χ1n) is 8.44. The van der Waals surface area contributed by atoms with Gasteiger partial charge in [0.15, 0.2) is 0 Å². The van der Waals surface area contributed by atoms with Crippen LogP contribution < -0.4 is 10.1 Å². The van der Waals surface area contributed by atoms with Gasteiger partial charge in [-0.1, -0.05) is 19.8 Å². The van der Waals surface area contributed by atoms with Crippen molar-refractivity contribution in [2.24, 2.45) is 0 Å². The third-order valence-corrected chi connectivity index (χ3v) is 4.94. The van der Waals surface area contributed by atoms with Gasteiger partial charge in [0.05, 0.1) is 0 Å². The summed E-state index contributed by atoms with van der Waals surface area (Å²) in [6, 6.07) is 5.21. The quantitative estimate of drug-likeness (QED) is 0.809. The van der Waals surface area contributed by atoms with Crippen LogP contribution in [0.5, 0.6) is 5.75 Å². The topological polar surface area (TPSA) is 21.3 Å². The van der Waals surface area contributed by atoms with E-state index in [9.17, 15) is 4.39 Å². The van der Waals surface area contributed by atoms with Crippen molar-refractivity contribution in [1.82, 2.24) is 5.32 Å². The lowest BCUT2D eigenvalue weighted by Gasteiger charge is -2.44. The molecule has 1 spiro atoms. The number of unbranched alkanes of at least 4 members (excludes halogenated alkanes) is 1. The van der Waals surface area contributed by atoms with Gasteiger partial charge in [-0.15, -0.1) is 0 Å². The fraction of sp³-hybridized carbons (Fsp3) is 0.667. The van der Waals surface area contributed by atoms with Gasteiger partial charge >= 0.3 is 0 Å². The van der Waals surface area contributed by atoms with Gasteiger partial charge in [-0.25, -0.2) is 4.39 Å². The molecule has 2 nitrogen and oxygen atoms in total. The summed E-state index contributed by atoms with van der Waals surface area (Å²) in [5.41, 5.74) is 0.981. The van der Waals surface area contributed by atoms with Crippen molar-refractivity contribution in [2.75, 3.05) is 6.54 Å². The standard InChI is InChI=1S/C18H26FNO/c1-2-3-11-20-16-13-18(9-5-4-6-10-18)21-17-8-7-14(19)12-15(16)17/h7-8,12,16,20H,2-6,9-11,13H2,1H3. The number of halogens is 1. The zero-order valence-corrected chi connectivity index (χ0v) is 13.0. The first-order chi connectivity index (χ1) is 10.2. The van der Waals surface area contributed by atoms with Crippen molar-refractivity contribution in [3.63, 3.8) is 0 Å². The van der Waals surface area contributed by atoms with Crippen LogP contribution in [-0.2, 0) is 0 Å².